The summed E-state index contributed by atoms with van der Waals surface area (Å²) in [4.78, 5) is 26.1. The van der Waals surface area contributed by atoms with E-state index in [1.54, 1.807) is 25.1 Å². The van der Waals surface area contributed by atoms with Crippen LogP contribution < -0.4 is 5.32 Å². The number of benzene rings is 1. The second-order valence-electron chi connectivity index (χ2n) is 4.21. The van der Waals surface area contributed by atoms with E-state index in [-0.39, 0.29) is 18.7 Å². The van der Waals surface area contributed by atoms with Crippen LogP contribution in [0.25, 0.3) is 11.1 Å². The fraction of sp³-hybridized carbons (Fsp3) is 0.308. The van der Waals surface area contributed by atoms with Crippen LogP contribution in [0.5, 0.6) is 0 Å². The summed E-state index contributed by atoms with van der Waals surface area (Å²) in [5.74, 6) is -0.534. The maximum absolute atomic E-state index is 11.6. The Hall–Kier alpha value is -2.37. The maximum Gasteiger partial charge on any atom is 0.303 e. The van der Waals surface area contributed by atoms with E-state index in [4.69, 9.17) is 9.52 Å². The number of anilines is 1. The van der Waals surface area contributed by atoms with Gasteiger partial charge < -0.3 is 14.8 Å². The van der Waals surface area contributed by atoms with Crippen LogP contribution >= 0.6 is 0 Å². The minimum Gasteiger partial charge on any atom is -0.481 e. The van der Waals surface area contributed by atoms with E-state index in [1.807, 2.05) is 0 Å². The van der Waals surface area contributed by atoms with E-state index in [9.17, 15) is 9.59 Å². The van der Waals surface area contributed by atoms with Crippen molar-refractivity contribution in [2.24, 2.45) is 0 Å². The number of rotatable bonds is 5. The molecule has 100 valence electrons. The molecule has 0 atom stereocenters. The molecule has 0 bridgehead atoms. The number of hydrogen-bond donors (Lipinski definition) is 2. The zero-order chi connectivity index (χ0) is 13.8. The van der Waals surface area contributed by atoms with Crippen molar-refractivity contribution in [2.75, 3.05) is 5.32 Å². The molecule has 1 aromatic carbocycles. The largest absolute Gasteiger partial charge is 0.481 e. The minimum atomic E-state index is -0.896. The van der Waals surface area contributed by atoms with Gasteiger partial charge in [0.25, 0.3) is 0 Å². The third kappa shape index (κ3) is 3.54. The summed E-state index contributed by atoms with van der Waals surface area (Å²) < 4.78 is 5.33. The molecule has 0 aliphatic carbocycles. The summed E-state index contributed by atoms with van der Waals surface area (Å²) in [7, 11) is 0. The molecule has 0 fully saturated rings. The minimum absolute atomic E-state index is 0.00502. The zero-order valence-corrected chi connectivity index (χ0v) is 10.5. The lowest BCUT2D eigenvalue weighted by atomic mass is 10.2. The quantitative estimate of drug-likeness (QED) is 0.862. The number of aryl methyl sites for hydroxylation is 1. The Kier molecular flexibility index (Phi) is 3.79. The molecule has 0 saturated heterocycles. The zero-order valence-electron chi connectivity index (χ0n) is 10.5. The first kappa shape index (κ1) is 13.1. The average Bonchev–Trinajstić information content (AvgIpc) is 2.67. The first-order valence-corrected chi connectivity index (χ1v) is 5.93. The molecule has 1 aromatic heterocycles. The van der Waals surface area contributed by atoms with E-state index in [1.165, 1.54) is 0 Å². The lowest BCUT2D eigenvalue weighted by molar-refractivity contribution is -0.137. The fourth-order valence-electron chi connectivity index (χ4n) is 1.74. The predicted molar refractivity (Wildman–Crippen MR) is 68.9 cm³/mol. The number of carbonyl (C=O) groups is 2. The Morgan fingerprint density at radius 3 is 2.89 bits per heavy atom. The molecule has 6 nitrogen and oxygen atoms in total. The van der Waals surface area contributed by atoms with Crippen LogP contribution in [0.4, 0.5) is 5.69 Å². The smallest absolute Gasteiger partial charge is 0.303 e. The highest BCUT2D eigenvalue weighted by Crippen LogP contribution is 2.19. The van der Waals surface area contributed by atoms with Crippen LogP contribution in [-0.2, 0) is 9.59 Å². The van der Waals surface area contributed by atoms with Gasteiger partial charge in [-0.15, -0.1) is 0 Å². The van der Waals surface area contributed by atoms with Gasteiger partial charge in [0.1, 0.15) is 5.52 Å². The van der Waals surface area contributed by atoms with Gasteiger partial charge in [0.2, 0.25) is 5.91 Å². The van der Waals surface area contributed by atoms with Gasteiger partial charge in [-0.2, -0.15) is 0 Å². The average molecular weight is 262 g/mol. The summed E-state index contributed by atoms with van der Waals surface area (Å²) in [5, 5.41) is 11.2. The van der Waals surface area contributed by atoms with Crippen molar-refractivity contribution >= 4 is 28.7 Å². The molecular formula is C13H14N2O4. The molecule has 0 spiro atoms. The van der Waals surface area contributed by atoms with Crippen molar-refractivity contribution < 1.29 is 19.1 Å². The first-order valence-electron chi connectivity index (χ1n) is 5.93. The Bertz CT molecular complexity index is 618. The number of hydrogen-bond acceptors (Lipinski definition) is 4. The van der Waals surface area contributed by atoms with E-state index >= 15 is 0 Å². The molecule has 19 heavy (non-hydrogen) atoms. The van der Waals surface area contributed by atoms with Crippen molar-refractivity contribution in [1.82, 2.24) is 4.98 Å². The van der Waals surface area contributed by atoms with Crippen molar-refractivity contribution in [2.45, 2.75) is 26.2 Å². The SMILES string of the molecule is Cc1nc2cc(NC(=O)CCCC(=O)O)ccc2o1. The first-order chi connectivity index (χ1) is 9.04. The van der Waals surface area contributed by atoms with Gasteiger partial charge >= 0.3 is 5.97 Å². The van der Waals surface area contributed by atoms with Crippen LogP contribution in [0.2, 0.25) is 0 Å². The number of nitrogens with zero attached hydrogens (tertiary/aromatic N) is 1. The Labute approximate surface area is 109 Å². The highest BCUT2D eigenvalue weighted by molar-refractivity contribution is 5.92. The third-order valence-corrected chi connectivity index (χ3v) is 2.57. The van der Waals surface area contributed by atoms with Crippen LogP contribution in [-0.4, -0.2) is 22.0 Å². The van der Waals surface area contributed by atoms with Gasteiger partial charge in [0, 0.05) is 25.5 Å². The van der Waals surface area contributed by atoms with Crippen molar-refractivity contribution in [3.63, 3.8) is 0 Å². The highest BCUT2D eigenvalue weighted by Gasteiger charge is 2.07. The van der Waals surface area contributed by atoms with Gasteiger partial charge in [-0.25, -0.2) is 4.98 Å². The standard InChI is InChI=1S/C13H14N2O4/c1-8-14-10-7-9(5-6-11(10)19-8)15-12(16)3-2-4-13(17)18/h5-7H,2-4H2,1H3,(H,15,16)(H,17,18). The molecule has 2 rings (SSSR count). The number of aliphatic carboxylic acids is 1. The molecule has 1 amide bonds. The van der Waals surface area contributed by atoms with Crippen molar-refractivity contribution in [3.05, 3.63) is 24.1 Å². The summed E-state index contributed by atoms with van der Waals surface area (Å²) in [6.45, 7) is 1.75. The highest BCUT2D eigenvalue weighted by atomic mass is 16.4. The second-order valence-corrected chi connectivity index (χ2v) is 4.21. The van der Waals surface area contributed by atoms with Gasteiger partial charge in [-0.1, -0.05) is 0 Å². The van der Waals surface area contributed by atoms with E-state index in [0.717, 1.165) is 0 Å². The van der Waals surface area contributed by atoms with Crippen molar-refractivity contribution in [3.8, 4) is 0 Å². The topological polar surface area (TPSA) is 92.4 Å². The number of carbonyl (C=O) groups excluding carboxylic acids is 1. The number of aromatic nitrogens is 1. The second kappa shape index (κ2) is 5.51. The lowest BCUT2D eigenvalue weighted by Gasteiger charge is -2.03. The molecule has 2 N–H and O–H groups in total. The van der Waals surface area contributed by atoms with E-state index < -0.39 is 5.97 Å². The Balaban J connectivity index is 1.96. The van der Waals surface area contributed by atoms with E-state index in [2.05, 4.69) is 10.3 Å². The summed E-state index contributed by atoms with van der Waals surface area (Å²) >= 11 is 0. The predicted octanol–water partition coefficient (Wildman–Crippen LogP) is 2.33. The summed E-state index contributed by atoms with van der Waals surface area (Å²) in [6.07, 6.45) is 0.504. The molecule has 1 heterocycles. The summed E-state index contributed by atoms with van der Waals surface area (Å²) in [5.41, 5.74) is 1.98. The molecular weight excluding hydrogens is 248 g/mol. The number of carboxylic acid groups (broad SMARTS) is 1. The monoisotopic (exact) mass is 262 g/mol. The number of nitrogens with one attached hydrogen (secondary N) is 1. The number of fused-ring (bicyclic) bond motifs is 1. The third-order valence-electron chi connectivity index (χ3n) is 2.57. The lowest BCUT2D eigenvalue weighted by Crippen LogP contribution is -2.11. The Morgan fingerprint density at radius 2 is 2.16 bits per heavy atom. The van der Waals surface area contributed by atoms with Crippen LogP contribution in [0, 0.1) is 6.92 Å². The Morgan fingerprint density at radius 1 is 1.37 bits per heavy atom. The number of amides is 1. The number of carboxylic acids is 1. The molecule has 0 radical (unpaired) electrons. The van der Waals surface area contributed by atoms with Gasteiger partial charge in [-0.3, -0.25) is 9.59 Å². The van der Waals surface area contributed by atoms with Crippen LogP contribution in [0.3, 0.4) is 0 Å². The van der Waals surface area contributed by atoms with E-state index in [0.29, 0.717) is 29.1 Å². The van der Waals surface area contributed by atoms with Gasteiger partial charge in [-0.05, 0) is 24.6 Å². The molecule has 0 aliphatic heterocycles. The molecule has 0 aliphatic rings. The summed E-state index contributed by atoms with van der Waals surface area (Å²) in [6, 6.07) is 5.19. The normalized spacial score (nSPS) is 10.6. The number of oxazole rings is 1. The molecule has 2 aromatic rings. The van der Waals surface area contributed by atoms with Crippen LogP contribution in [0.1, 0.15) is 25.2 Å². The van der Waals surface area contributed by atoms with Crippen molar-refractivity contribution in [1.29, 1.82) is 0 Å². The molecule has 0 unspecified atom stereocenters. The fourth-order valence-corrected chi connectivity index (χ4v) is 1.74. The van der Waals surface area contributed by atoms with Crippen LogP contribution in [0.15, 0.2) is 22.6 Å². The maximum atomic E-state index is 11.6. The molecule has 6 heteroatoms. The van der Waals surface area contributed by atoms with Gasteiger partial charge in [0.05, 0.1) is 0 Å². The van der Waals surface area contributed by atoms with Gasteiger partial charge in [0.15, 0.2) is 11.5 Å². The molecule has 0 saturated carbocycles.